The molecule has 2 heterocycles. The molecule has 1 aromatic heterocycles. The minimum absolute atomic E-state index is 0.0627. The maximum absolute atomic E-state index is 13.5. The van der Waals surface area contributed by atoms with Gasteiger partial charge in [-0.1, -0.05) is 42.5 Å². The summed E-state index contributed by atoms with van der Waals surface area (Å²) in [6.07, 6.45) is 2.01. The molecule has 2 aromatic carbocycles. The third-order valence-corrected chi connectivity index (χ3v) is 6.07. The third-order valence-electron chi connectivity index (χ3n) is 6.07. The lowest BCUT2D eigenvalue weighted by molar-refractivity contribution is -0.138. The number of benzene rings is 2. The van der Waals surface area contributed by atoms with Crippen molar-refractivity contribution in [3.8, 4) is 16.9 Å². The Bertz CT molecular complexity index is 1160. The Hall–Kier alpha value is -3.87. The Balaban J connectivity index is 1.70. The molecule has 1 saturated heterocycles. The molecule has 1 aliphatic rings. The van der Waals surface area contributed by atoms with Crippen LogP contribution in [0.1, 0.15) is 15.9 Å². The number of methoxy groups -OCH3 is 1. The Kier molecular flexibility index (Phi) is 6.58. The first-order valence-electron chi connectivity index (χ1n) is 10.9. The van der Waals surface area contributed by atoms with Crippen molar-refractivity contribution < 1.29 is 14.3 Å². The Labute approximate surface area is 194 Å². The predicted octanol–water partition coefficient (Wildman–Crippen LogP) is 3.32. The van der Waals surface area contributed by atoms with E-state index in [0.717, 1.165) is 22.4 Å². The number of rotatable bonds is 6. The summed E-state index contributed by atoms with van der Waals surface area (Å²) >= 11 is 0. The number of hydrogen-bond acceptors (Lipinski definition) is 5. The Morgan fingerprint density at radius 3 is 2.58 bits per heavy atom. The predicted molar refractivity (Wildman–Crippen MR) is 128 cm³/mol. The first-order chi connectivity index (χ1) is 16.0. The quantitative estimate of drug-likeness (QED) is 0.631. The molecule has 1 aliphatic heterocycles. The van der Waals surface area contributed by atoms with Crippen molar-refractivity contribution in [1.82, 2.24) is 14.8 Å². The van der Waals surface area contributed by atoms with Crippen molar-refractivity contribution in [3.05, 3.63) is 78.0 Å². The Morgan fingerprint density at radius 1 is 1.09 bits per heavy atom. The van der Waals surface area contributed by atoms with Crippen molar-refractivity contribution in [1.29, 1.82) is 0 Å². The number of likely N-dealkylation sites (N-methyl/N-ethyl adjacent to an activating group) is 1. The fraction of sp³-hybridized carbons (Fsp3) is 0.269. The molecule has 7 heteroatoms. The number of anilines is 1. The minimum Gasteiger partial charge on any atom is -0.496 e. The summed E-state index contributed by atoms with van der Waals surface area (Å²) in [6.45, 7) is 0.971. The second-order valence-electron chi connectivity index (χ2n) is 8.02. The van der Waals surface area contributed by atoms with E-state index in [4.69, 9.17) is 4.74 Å². The largest absolute Gasteiger partial charge is 0.496 e. The standard InChI is InChI=1S/C26H28N4O3/c1-27-24-17-19(12-13-28-24)25(31)30-15-14-29(2)26(32)22(30)16-18-8-4-5-9-20(18)21-10-6-7-11-23(21)33-3/h4-13,17,22H,14-16H2,1-3H3,(H,27,28). The summed E-state index contributed by atoms with van der Waals surface area (Å²) in [5.74, 6) is 1.14. The maximum Gasteiger partial charge on any atom is 0.254 e. The molecule has 0 bridgehead atoms. The molecule has 7 nitrogen and oxygen atoms in total. The van der Waals surface area contributed by atoms with E-state index in [1.807, 2.05) is 48.5 Å². The number of nitrogens with zero attached hydrogens (tertiary/aromatic N) is 3. The first-order valence-corrected chi connectivity index (χ1v) is 10.9. The van der Waals surface area contributed by atoms with Crippen LogP contribution in [-0.2, 0) is 11.2 Å². The van der Waals surface area contributed by atoms with Crippen LogP contribution in [0.2, 0.25) is 0 Å². The highest BCUT2D eigenvalue weighted by Gasteiger charge is 2.37. The fourth-order valence-corrected chi connectivity index (χ4v) is 4.25. The molecule has 0 radical (unpaired) electrons. The number of aromatic nitrogens is 1. The van der Waals surface area contributed by atoms with Gasteiger partial charge < -0.3 is 19.9 Å². The van der Waals surface area contributed by atoms with E-state index in [2.05, 4.69) is 10.3 Å². The van der Waals surface area contributed by atoms with E-state index in [-0.39, 0.29) is 11.8 Å². The van der Waals surface area contributed by atoms with E-state index >= 15 is 0 Å². The van der Waals surface area contributed by atoms with Gasteiger partial charge in [0.25, 0.3) is 5.91 Å². The maximum atomic E-state index is 13.5. The summed E-state index contributed by atoms with van der Waals surface area (Å²) in [7, 11) is 5.19. The number of ether oxygens (including phenoxy) is 1. The number of nitrogens with one attached hydrogen (secondary N) is 1. The van der Waals surface area contributed by atoms with Gasteiger partial charge in [-0.05, 0) is 29.3 Å². The number of pyridine rings is 1. The summed E-state index contributed by atoms with van der Waals surface area (Å²) in [5, 5.41) is 2.96. The van der Waals surface area contributed by atoms with Crippen molar-refractivity contribution in [2.24, 2.45) is 0 Å². The van der Waals surface area contributed by atoms with Crippen LogP contribution in [-0.4, -0.2) is 66.9 Å². The lowest BCUT2D eigenvalue weighted by atomic mass is 9.92. The van der Waals surface area contributed by atoms with Gasteiger partial charge in [0, 0.05) is 50.9 Å². The normalized spacial score (nSPS) is 16.0. The number of para-hydroxylation sites is 1. The molecule has 0 aliphatic carbocycles. The van der Waals surface area contributed by atoms with Gasteiger partial charge in [0.1, 0.15) is 17.6 Å². The molecule has 3 aromatic rings. The summed E-state index contributed by atoms with van der Waals surface area (Å²) in [5.41, 5.74) is 3.44. The summed E-state index contributed by atoms with van der Waals surface area (Å²) in [6, 6.07) is 18.6. The molecule has 0 spiro atoms. The van der Waals surface area contributed by atoms with Gasteiger partial charge in [-0.25, -0.2) is 4.98 Å². The second kappa shape index (κ2) is 9.73. The molecular weight excluding hydrogens is 416 g/mol. The lowest BCUT2D eigenvalue weighted by Crippen LogP contribution is -2.58. The van der Waals surface area contributed by atoms with E-state index in [9.17, 15) is 9.59 Å². The highest BCUT2D eigenvalue weighted by atomic mass is 16.5. The monoisotopic (exact) mass is 444 g/mol. The topological polar surface area (TPSA) is 74.8 Å². The van der Waals surface area contributed by atoms with Crippen LogP contribution >= 0.6 is 0 Å². The number of piperazine rings is 1. The average Bonchev–Trinajstić information content (AvgIpc) is 2.87. The van der Waals surface area contributed by atoms with Crippen LogP contribution in [0.4, 0.5) is 5.82 Å². The second-order valence-corrected chi connectivity index (χ2v) is 8.02. The number of carbonyl (C=O) groups excluding carboxylic acids is 2. The van der Waals surface area contributed by atoms with E-state index in [1.165, 1.54) is 0 Å². The lowest BCUT2D eigenvalue weighted by Gasteiger charge is -2.39. The van der Waals surface area contributed by atoms with Crippen LogP contribution in [0.5, 0.6) is 5.75 Å². The number of carbonyl (C=O) groups is 2. The van der Waals surface area contributed by atoms with Crippen LogP contribution in [0.25, 0.3) is 11.1 Å². The SMILES string of the molecule is CNc1cc(C(=O)N2CCN(C)C(=O)C2Cc2ccccc2-c2ccccc2OC)ccn1. The zero-order valence-corrected chi connectivity index (χ0v) is 19.1. The molecule has 1 atom stereocenters. The van der Waals surface area contributed by atoms with Crippen LogP contribution < -0.4 is 10.1 Å². The smallest absolute Gasteiger partial charge is 0.254 e. The number of hydrogen-bond donors (Lipinski definition) is 1. The summed E-state index contributed by atoms with van der Waals surface area (Å²) < 4.78 is 5.57. The molecule has 2 amide bonds. The van der Waals surface area contributed by atoms with Crippen molar-refractivity contribution in [3.63, 3.8) is 0 Å². The van der Waals surface area contributed by atoms with Crippen LogP contribution in [0.3, 0.4) is 0 Å². The van der Waals surface area contributed by atoms with Crippen molar-refractivity contribution in [2.45, 2.75) is 12.5 Å². The average molecular weight is 445 g/mol. The van der Waals surface area contributed by atoms with E-state index in [1.54, 1.807) is 49.3 Å². The van der Waals surface area contributed by atoms with Crippen molar-refractivity contribution >= 4 is 17.6 Å². The summed E-state index contributed by atoms with van der Waals surface area (Å²) in [4.78, 5) is 34.3. The molecule has 1 unspecified atom stereocenters. The van der Waals surface area contributed by atoms with E-state index in [0.29, 0.717) is 30.9 Å². The van der Waals surface area contributed by atoms with Gasteiger partial charge in [0.15, 0.2) is 0 Å². The molecule has 4 rings (SSSR count). The molecule has 33 heavy (non-hydrogen) atoms. The number of amides is 2. The van der Waals surface area contributed by atoms with Crippen molar-refractivity contribution in [2.75, 3.05) is 39.6 Å². The molecule has 170 valence electrons. The first kappa shape index (κ1) is 22.3. The fourth-order valence-electron chi connectivity index (χ4n) is 4.25. The molecule has 0 saturated carbocycles. The zero-order chi connectivity index (χ0) is 23.4. The van der Waals surface area contributed by atoms with Crippen LogP contribution in [0, 0.1) is 0 Å². The van der Waals surface area contributed by atoms with E-state index < -0.39 is 6.04 Å². The third kappa shape index (κ3) is 4.53. The molecule has 1 N–H and O–H groups in total. The van der Waals surface area contributed by atoms with Gasteiger partial charge in [-0.15, -0.1) is 0 Å². The Morgan fingerprint density at radius 2 is 1.82 bits per heavy atom. The van der Waals surface area contributed by atoms with Gasteiger partial charge >= 0.3 is 0 Å². The van der Waals surface area contributed by atoms with Gasteiger partial charge in [-0.3, -0.25) is 9.59 Å². The highest BCUT2D eigenvalue weighted by molar-refractivity contribution is 5.98. The van der Waals surface area contributed by atoms with Gasteiger partial charge in [0.05, 0.1) is 7.11 Å². The van der Waals surface area contributed by atoms with Crippen LogP contribution in [0.15, 0.2) is 66.9 Å². The zero-order valence-electron chi connectivity index (χ0n) is 19.1. The highest BCUT2D eigenvalue weighted by Crippen LogP contribution is 2.33. The molecule has 1 fully saturated rings. The van der Waals surface area contributed by atoms with Gasteiger partial charge in [-0.2, -0.15) is 0 Å². The van der Waals surface area contributed by atoms with Gasteiger partial charge in [0.2, 0.25) is 5.91 Å². The minimum atomic E-state index is -0.599. The molecular formula is C26H28N4O3.